The van der Waals surface area contributed by atoms with E-state index in [1.807, 2.05) is 13.8 Å². The summed E-state index contributed by atoms with van der Waals surface area (Å²) in [5.41, 5.74) is 0.975. The Morgan fingerprint density at radius 3 is 2.59 bits per heavy atom. The minimum absolute atomic E-state index is 0.118. The number of aromatic nitrogens is 3. The van der Waals surface area contributed by atoms with E-state index >= 15 is 0 Å². The molecule has 0 saturated carbocycles. The van der Waals surface area contributed by atoms with E-state index in [0.29, 0.717) is 21.9 Å². The number of carbonyl (C=O) groups excluding carboxylic acids is 2. The summed E-state index contributed by atoms with van der Waals surface area (Å²) in [6.07, 6.45) is 0. The highest BCUT2D eigenvalue weighted by Gasteiger charge is 2.13. The molecule has 8 nitrogen and oxygen atoms in total. The summed E-state index contributed by atoms with van der Waals surface area (Å²) in [5, 5.41) is 7.68. The Morgan fingerprint density at radius 1 is 1.26 bits per heavy atom. The summed E-state index contributed by atoms with van der Waals surface area (Å²) in [6.45, 7) is 5.26. The van der Waals surface area contributed by atoms with Crippen LogP contribution in [0, 0.1) is 0 Å². The van der Waals surface area contributed by atoms with E-state index in [9.17, 15) is 14.4 Å². The van der Waals surface area contributed by atoms with Crippen molar-refractivity contribution in [3.05, 3.63) is 57.0 Å². The first-order valence-corrected chi connectivity index (χ1v) is 9.09. The first kappa shape index (κ1) is 18.7. The third-order valence-corrected chi connectivity index (χ3v) is 4.81. The fourth-order valence-electron chi connectivity index (χ4n) is 2.29. The van der Waals surface area contributed by atoms with E-state index in [1.54, 1.807) is 24.3 Å². The standard InChI is InChI=1S/C18H18N4O4S/c1-10(2)16-21-22-15(24)8-14(20-18(22)27-16)9-26-17(25)12-4-6-13(7-5-12)19-11(3)23/h4-8,10H,9H2,1-3H3,(H,19,23). The van der Waals surface area contributed by atoms with E-state index in [4.69, 9.17) is 4.74 Å². The highest BCUT2D eigenvalue weighted by Crippen LogP contribution is 2.20. The molecule has 1 N–H and O–H groups in total. The molecule has 0 spiro atoms. The highest BCUT2D eigenvalue weighted by molar-refractivity contribution is 7.16. The van der Waals surface area contributed by atoms with Gasteiger partial charge in [0.05, 0.1) is 11.3 Å². The van der Waals surface area contributed by atoms with Crippen molar-refractivity contribution in [2.75, 3.05) is 5.32 Å². The number of nitrogens with one attached hydrogen (secondary N) is 1. The van der Waals surface area contributed by atoms with Gasteiger partial charge in [-0.05, 0) is 24.3 Å². The van der Waals surface area contributed by atoms with Gasteiger partial charge in [-0.25, -0.2) is 9.78 Å². The molecule has 140 valence electrons. The quantitative estimate of drug-likeness (QED) is 0.676. The summed E-state index contributed by atoms with van der Waals surface area (Å²) < 4.78 is 6.50. The second-order valence-electron chi connectivity index (χ2n) is 6.21. The van der Waals surface area contributed by atoms with E-state index in [0.717, 1.165) is 5.01 Å². The molecule has 0 saturated heterocycles. The molecule has 1 aromatic carbocycles. The average molecular weight is 386 g/mol. The number of ether oxygens (including phenoxy) is 1. The number of amides is 1. The largest absolute Gasteiger partial charge is 0.456 e. The SMILES string of the molecule is CC(=O)Nc1ccc(C(=O)OCc2cc(=O)n3nc(C(C)C)sc3n2)cc1. The maximum atomic E-state index is 12.2. The Morgan fingerprint density at radius 2 is 1.96 bits per heavy atom. The number of esters is 1. The molecular weight excluding hydrogens is 368 g/mol. The lowest BCUT2D eigenvalue weighted by Gasteiger charge is -2.06. The topological polar surface area (TPSA) is 103 Å². The zero-order chi connectivity index (χ0) is 19.6. The Bertz CT molecular complexity index is 1050. The molecule has 0 aliphatic carbocycles. The molecule has 3 aromatic rings. The Labute approximate surface area is 158 Å². The van der Waals surface area contributed by atoms with Gasteiger partial charge < -0.3 is 10.1 Å². The van der Waals surface area contributed by atoms with Crippen LogP contribution < -0.4 is 10.9 Å². The van der Waals surface area contributed by atoms with Gasteiger partial charge in [0.1, 0.15) is 11.6 Å². The predicted molar refractivity (Wildman–Crippen MR) is 101 cm³/mol. The van der Waals surface area contributed by atoms with Gasteiger partial charge in [-0.15, -0.1) is 0 Å². The van der Waals surface area contributed by atoms with Crippen molar-refractivity contribution in [1.29, 1.82) is 0 Å². The van der Waals surface area contributed by atoms with Crippen LogP contribution in [0.25, 0.3) is 4.96 Å². The van der Waals surface area contributed by atoms with Crippen LogP contribution in [0.3, 0.4) is 0 Å². The lowest BCUT2D eigenvalue weighted by Crippen LogP contribution is -2.16. The van der Waals surface area contributed by atoms with Crippen LogP contribution in [0.2, 0.25) is 0 Å². The number of benzene rings is 1. The van der Waals surface area contributed by atoms with Crippen molar-refractivity contribution >= 4 is 33.9 Å². The van der Waals surface area contributed by atoms with Crippen molar-refractivity contribution in [2.45, 2.75) is 33.3 Å². The van der Waals surface area contributed by atoms with Crippen LogP contribution in [-0.2, 0) is 16.1 Å². The number of anilines is 1. The lowest BCUT2D eigenvalue weighted by atomic mass is 10.2. The van der Waals surface area contributed by atoms with Crippen molar-refractivity contribution in [1.82, 2.24) is 14.6 Å². The Balaban J connectivity index is 1.71. The van der Waals surface area contributed by atoms with E-state index in [-0.39, 0.29) is 24.0 Å². The molecule has 2 aromatic heterocycles. The minimum Gasteiger partial charge on any atom is -0.456 e. The molecule has 0 aliphatic rings. The first-order valence-electron chi connectivity index (χ1n) is 8.28. The van der Waals surface area contributed by atoms with Crippen LogP contribution >= 0.6 is 11.3 Å². The van der Waals surface area contributed by atoms with Gasteiger partial charge in [-0.3, -0.25) is 9.59 Å². The fraction of sp³-hybridized carbons (Fsp3) is 0.278. The third-order valence-electron chi connectivity index (χ3n) is 3.60. The summed E-state index contributed by atoms with van der Waals surface area (Å²) in [6, 6.07) is 7.64. The smallest absolute Gasteiger partial charge is 0.338 e. The second-order valence-corrected chi connectivity index (χ2v) is 7.20. The van der Waals surface area contributed by atoms with Crippen LogP contribution in [0.5, 0.6) is 0 Å². The van der Waals surface area contributed by atoms with Gasteiger partial charge >= 0.3 is 5.97 Å². The van der Waals surface area contributed by atoms with Gasteiger partial charge in [0.2, 0.25) is 10.9 Å². The van der Waals surface area contributed by atoms with Crippen molar-refractivity contribution < 1.29 is 14.3 Å². The molecule has 27 heavy (non-hydrogen) atoms. The molecule has 0 unspecified atom stereocenters. The minimum atomic E-state index is -0.543. The van der Waals surface area contributed by atoms with Crippen LogP contribution in [0.15, 0.2) is 35.1 Å². The molecule has 9 heteroatoms. The first-order chi connectivity index (χ1) is 12.8. The highest BCUT2D eigenvalue weighted by atomic mass is 32.1. The Hall–Kier alpha value is -3.07. The maximum absolute atomic E-state index is 12.2. The van der Waals surface area contributed by atoms with Gasteiger partial charge in [-0.2, -0.15) is 9.61 Å². The van der Waals surface area contributed by atoms with Gasteiger partial charge in [0.15, 0.2) is 0 Å². The average Bonchev–Trinajstić information content (AvgIpc) is 3.05. The molecule has 0 bridgehead atoms. The van der Waals surface area contributed by atoms with Crippen molar-refractivity contribution in [3.63, 3.8) is 0 Å². The summed E-state index contributed by atoms with van der Waals surface area (Å²) in [7, 11) is 0. The molecule has 0 aliphatic heterocycles. The molecule has 3 rings (SSSR count). The molecule has 0 fully saturated rings. The molecule has 2 heterocycles. The number of rotatable bonds is 5. The van der Waals surface area contributed by atoms with Crippen molar-refractivity contribution in [3.8, 4) is 0 Å². The van der Waals surface area contributed by atoms with E-state index in [2.05, 4.69) is 15.4 Å². The van der Waals surface area contributed by atoms with Gasteiger partial charge in [-0.1, -0.05) is 25.2 Å². The van der Waals surface area contributed by atoms with E-state index in [1.165, 1.54) is 28.8 Å². The summed E-state index contributed by atoms with van der Waals surface area (Å²) >= 11 is 1.34. The summed E-state index contributed by atoms with van der Waals surface area (Å²) in [5.74, 6) is -0.543. The monoisotopic (exact) mass is 386 g/mol. The third kappa shape index (κ3) is 4.37. The van der Waals surface area contributed by atoms with Crippen molar-refractivity contribution in [2.24, 2.45) is 0 Å². The zero-order valence-corrected chi connectivity index (χ0v) is 15.9. The number of carbonyl (C=O) groups is 2. The van der Waals surface area contributed by atoms with Crippen LogP contribution in [0.4, 0.5) is 5.69 Å². The van der Waals surface area contributed by atoms with E-state index < -0.39 is 5.97 Å². The molecule has 1 amide bonds. The molecule has 0 atom stereocenters. The normalized spacial score (nSPS) is 11.0. The van der Waals surface area contributed by atoms with Gasteiger partial charge in [0.25, 0.3) is 5.56 Å². The Kier molecular flexibility index (Phi) is 5.31. The number of nitrogens with zero attached hydrogens (tertiary/aromatic N) is 3. The summed E-state index contributed by atoms with van der Waals surface area (Å²) in [4.78, 5) is 40.2. The number of hydrogen-bond donors (Lipinski definition) is 1. The second kappa shape index (κ2) is 7.67. The number of fused-ring (bicyclic) bond motifs is 1. The zero-order valence-electron chi connectivity index (χ0n) is 15.1. The predicted octanol–water partition coefficient (Wildman–Crippen LogP) is 2.59. The maximum Gasteiger partial charge on any atom is 0.338 e. The number of hydrogen-bond acceptors (Lipinski definition) is 7. The van der Waals surface area contributed by atoms with Gasteiger partial charge in [0, 0.05) is 24.6 Å². The molecule has 0 radical (unpaired) electrons. The lowest BCUT2D eigenvalue weighted by molar-refractivity contribution is -0.114. The molecular formula is C18H18N4O4S. The van der Waals surface area contributed by atoms with Crippen LogP contribution in [0.1, 0.15) is 47.7 Å². The van der Waals surface area contributed by atoms with Crippen LogP contribution in [-0.4, -0.2) is 26.5 Å². The fourth-order valence-corrected chi connectivity index (χ4v) is 3.22.